The molecule has 2 rings (SSSR count). The molecule has 0 aromatic heterocycles. The topological polar surface area (TPSA) is 9.23 Å². The zero-order chi connectivity index (χ0) is 13.7. The molecule has 0 atom stereocenters. The van der Waals surface area contributed by atoms with E-state index in [2.05, 4.69) is 0 Å². The lowest BCUT2D eigenvalue weighted by atomic mass is 9.88. The van der Waals surface area contributed by atoms with E-state index in [1.807, 2.05) is 37.3 Å². The number of rotatable bonds is 5. The average molecular weight is 264 g/mol. The van der Waals surface area contributed by atoms with Crippen molar-refractivity contribution in [3.63, 3.8) is 0 Å². The normalized spacial score (nSPS) is 26.0. The van der Waals surface area contributed by atoms with E-state index >= 15 is 0 Å². The number of alkyl halides is 2. The SMILES string of the molecule is CCCOC1(C(F)F)C=CC(c2ccccc2)C=C1. The first-order chi connectivity index (χ1) is 9.18. The van der Waals surface area contributed by atoms with Crippen LogP contribution in [-0.2, 0) is 4.74 Å². The van der Waals surface area contributed by atoms with Crippen LogP contribution in [0.1, 0.15) is 24.8 Å². The molecule has 0 saturated heterocycles. The molecule has 19 heavy (non-hydrogen) atoms. The highest BCUT2D eigenvalue weighted by atomic mass is 19.3. The molecule has 0 radical (unpaired) electrons. The summed E-state index contributed by atoms with van der Waals surface area (Å²) in [5.41, 5.74) is -0.463. The molecule has 0 heterocycles. The van der Waals surface area contributed by atoms with E-state index in [9.17, 15) is 8.78 Å². The van der Waals surface area contributed by atoms with E-state index in [0.717, 1.165) is 12.0 Å². The summed E-state index contributed by atoms with van der Waals surface area (Å²) in [7, 11) is 0. The van der Waals surface area contributed by atoms with Gasteiger partial charge in [0, 0.05) is 12.5 Å². The van der Waals surface area contributed by atoms with Gasteiger partial charge in [-0.3, -0.25) is 0 Å². The largest absolute Gasteiger partial charge is 0.361 e. The van der Waals surface area contributed by atoms with Crippen LogP contribution in [0, 0.1) is 0 Å². The standard InChI is InChI=1S/C16H18F2O/c1-2-12-19-16(15(17)18)10-8-14(9-11-16)13-6-4-3-5-7-13/h3-11,14-15H,2,12H2,1H3. The Kier molecular flexibility index (Phi) is 4.48. The number of benzene rings is 1. The van der Waals surface area contributed by atoms with Gasteiger partial charge >= 0.3 is 0 Å². The second-order valence-electron chi connectivity index (χ2n) is 4.66. The molecule has 0 N–H and O–H groups in total. The van der Waals surface area contributed by atoms with Gasteiger partial charge in [-0.05, 0) is 24.1 Å². The summed E-state index contributed by atoms with van der Waals surface area (Å²) in [4.78, 5) is 0. The van der Waals surface area contributed by atoms with Crippen molar-refractivity contribution in [2.75, 3.05) is 6.61 Å². The van der Waals surface area contributed by atoms with Gasteiger partial charge in [-0.2, -0.15) is 0 Å². The summed E-state index contributed by atoms with van der Waals surface area (Å²) in [6, 6.07) is 9.80. The first kappa shape index (κ1) is 13.9. The fourth-order valence-electron chi connectivity index (χ4n) is 2.11. The van der Waals surface area contributed by atoms with Crippen molar-refractivity contribution in [1.29, 1.82) is 0 Å². The van der Waals surface area contributed by atoms with Gasteiger partial charge in [-0.1, -0.05) is 49.4 Å². The van der Waals surface area contributed by atoms with Gasteiger partial charge in [0.05, 0.1) is 0 Å². The number of allylic oxidation sites excluding steroid dienone is 2. The molecule has 1 aliphatic carbocycles. The molecule has 0 unspecified atom stereocenters. The third-order valence-corrected chi connectivity index (χ3v) is 3.21. The lowest BCUT2D eigenvalue weighted by Gasteiger charge is -2.30. The van der Waals surface area contributed by atoms with Gasteiger partial charge in [-0.25, -0.2) is 8.78 Å². The fraction of sp³-hybridized carbons (Fsp3) is 0.375. The highest BCUT2D eigenvalue weighted by Gasteiger charge is 2.37. The van der Waals surface area contributed by atoms with Crippen molar-refractivity contribution in [2.24, 2.45) is 0 Å². The zero-order valence-electron chi connectivity index (χ0n) is 10.9. The van der Waals surface area contributed by atoms with Crippen molar-refractivity contribution in [3.8, 4) is 0 Å². The first-order valence-electron chi connectivity index (χ1n) is 6.54. The monoisotopic (exact) mass is 264 g/mol. The van der Waals surface area contributed by atoms with Gasteiger partial charge in [0.1, 0.15) is 0 Å². The van der Waals surface area contributed by atoms with Crippen molar-refractivity contribution >= 4 is 0 Å². The van der Waals surface area contributed by atoms with Crippen LogP contribution < -0.4 is 0 Å². The minimum atomic E-state index is -2.55. The van der Waals surface area contributed by atoms with Crippen LogP contribution in [0.25, 0.3) is 0 Å². The number of ether oxygens (including phenoxy) is 1. The van der Waals surface area contributed by atoms with Crippen molar-refractivity contribution in [1.82, 2.24) is 0 Å². The van der Waals surface area contributed by atoms with Gasteiger partial charge in [-0.15, -0.1) is 0 Å². The van der Waals surface area contributed by atoms with Crippen LogP contribution in [0.3, 0.4) is 0 Å². The number of hydrogen-bond donors (Lipinski definition) is 0. The Labute approximate surface area is 112 Å². The molecule has 1 aromatic rings. The maximum absolute atomic E-state index is 13.2. The maximum Gasteiger partial charge on any atom is 0.274 e. The molecular formula is C16H18F2O. The molecule has 0 aliphatic heterocycles. The molecule has 0 saturated carbocycles. The summed E-state index contributed by atoms with van der Waals surface area (Å²) < 4.78 is 31.7. The van der Waals surface area contributed by atoms with Gasteiger partial charge in [0.15, 0.2) is 5.60 Å². The Bertz CT molecular complexity index is 437. The van der Waals surface area contributed by atoms with Crippen molar-refractivity contribution in [2.45, 2.75) is 31.3 Å². The van der Waals surface area contributed by atoms with E-state index in [4.69, 9.17) is 4.74 Å². The van der Waals surface area contributed by atoms with E-state index in [1.54, 1.807) is 12.2 Å². The molecular weight excluding hydrogens is 246 g/mol. The van der Waals surface area contributed by atoms with Gasteiger partial charge < -0.3 is 4.74 Å². The molecule has 0 bridgehead atoms. The Morgan fingerprint density at radius 3 is 2.32 bits per heavy atom. The maximum atomic E-state index is 13.2. The minimum absolute atomic E-state index is 0.0401. The van der Waals surface area contributed by atoms with Crippen LogP contribution in [-0.4, -0.2) is 18.6 Å². The summed E-state index contributed by atoms with van der Waals surface area (Å²) in [5.74, 6) is 0.0401. The van der Waals surface area contributed by atoms with Gasteiger partial charge in [0.25, 0.3) is 6.43 Å². The Hall–Kier alpha value is -1.48. The molecule has 1 aromatic carbocycles. The molecule has 1 aliphatic rings. The molecule has 102 valence electrons. The first-order valence-corrected chi connectivity index (χ1v) is 6.54. The van der Waals surface area contributed by atoms with Crippen LogP contribution in [0.5, 0.6) is 0 Å². The van der Waals surface area contributed by atoms with Crippen LogP contribution in [0.2, 0.25) is 0 Å². The van der Waals surface area contributed by atoms with Crippen molar-refractivity contribution < 1.29 is 13.5 Å². The summed E-state index contributed by atoms with van der Waals surface area (Å²) in [6.07, 6.45) is 4.73. The van der Waals surface area contributed by atoms with Gasteiger partial charge in [0.2, 0.25) is 0 Å². The Balaban J connectivity index is 2.15. The van der Waals surface area contributed by atoms with Crippen molar-refractivity contribution in [3.05, 3.63) is 60.2 Å². The third-order valence-electron chi connectivity index (χ3n) is 3.21. The van der Waals surface area contributed by atoms with Crippen LogP contribution in [0.4, 0.5) is 8.78 Å². The third kappa shape index (κ3) is 3.10. The minimum Gasteiger partial charge on any atom is -0.361 e. The molecule has 1 nitrogen and oxygen atoms in total. The lowest BCUT2D eigenvalue weighted by molar-refractivity contribution is -0.0801. The van der Waals surface area contributed by atoms with E-state index in [-0.39, 0.29) is 5.92 Å². The predicted octanol–water partition coefficient (Wildman–Crippen LogP) is 4.33. The second kappa shape index (κ2) is 6.11. The fourth-order valence-corrected chi connectivity index (χ4v) is 2.11. The Morgan fingerprint density at radius 1 is 1.16 bits per heavy atom. The highest BCUT2D eigenvalue weighted by Crippen LogP contribution is 2.32. The average Bonchev–Trinajstić information content (AvgIpc) is 2.46. The predicted molar refractivity (Wildman–Crippen MR) is 72.4 cm³/mol. The second-order valence-corrected chi connectivity index (χ2v) is 4.66. The zero-order valence-corrected chi connectivity index (χ0v) is 10.9. The lowest BCUT2D eigenvalue weighted by Crippen LogP contribution is -2.38. The van der Waals surface area contributed by atoms with E-state index < -0.39 is 12.0 Å². The smallest absolute Gasteiger partial charge is 0.274 e. The molecule has 0 amide bonds. The quantitative estimate of drug-likeness (QED) is 0.719. The summed E-state index contributed by atoms with van der Waals surface area (Å²) in [5, 5.41) is 0. The number of hydrogen-bond acceptors (Lipinski definition) is 1. The van der Waals surface area contributed by atoms with Crippen LogP contribution >= 0.6 is 0 Å². The number of halogens is 2. The summed E-state index contributed by atoms with van der Waals surface area (Å²) >= 11 is 0. The summed E-state index contributed by atoms with van der Waals surface area (Å²) in [6.45, 7) is 2.23. The van der Waals surface area contributed by atoms with E-state index in [1.165, 1.54) is 12.2 Å². The van der Waals surface area contributed by atoms with Crippen LogP contribution in [0.15, 0.2) is 54.6 Å². The highest BCUT2D eigenvalue weighted by molar-refractivity contribution is 5.35. The Morgan fingerprint density at radius 2 is 1.79 bits per heavy atom. The molecule has 0 fully saturated rings. The molecule has 0 spiro atoms. The van der Waals surface area contributed by atoms with E-state index in [0.29, 0.717) is 6.61 Å². The molecule has 3 heteroatoms.